The normalized spacial score (nSPS) is 21.0. The van der Waals surface area contributed by atoms with Gasteiger partial charge in [0.25, 0.3) is 5.54 Å². The van der Waals surface area contributed by atoms with E-state index in [1.807, 2.05) is 0 Å². The van der Waals surface area contributed by atoms with Crippen molar-refractivity contribution in [1.29, 1.82) is 0 Å². The number of carbonyl (C=O) groups is 4. The van der Waals surface area contributed by atoms with Crippen molar-refractivity contribution >= 4 is 24.0 Å². The Labute approximate surface area is 125 Å². The number of aliphatic carboxylic acids is 3. The molecule has 1 atom stereocenters. The van der Waals surface area contributed by atoms with Crippen LogP contribution >= 0.6 is 0 Å². The van der Waals surface area contributed by atoms with Crippen LogP contribution in [-0.4, -0.2) is 74.6 Å². The molecule has 1 amide bonds. The minimum Gasteiger partial charge on any atom is -0.479 e. The molecule has 0 aromatic heterocycles. The fourth-order valence-corrected chi connectivity index (χ4v) is 2.05. The Morgan fingerprint density at radius 2 is 1.64 bits per heavy atom. The molecule has 1 aliphatic heterocycles. The Kier molecular flexibility index (Phi) is 4.66. The summed E-state index contributed by atoms with van der Waals surface area (Å²) in [6, 6.07) is 0. The van der Waals surface area contributed by atoms with E-state index in [0.29, 0.717) is 4.90 Å². The number of carboxylic acids is 3. The van der Waals surface area contributed by atoms with Gasteiger partial charge in [0.1, 0.15) is 5.60 Å². The van der Waals surface area contributed by atoms with E-state index in [1.54, 1.807) is 0 Å². The molecule has 0 bridgehead atoms. The lowest BCUT2D eigenvalue weighted by Gasteiger charge is -2.43. The highest BCUT2D eigenvalue weighted by Gasteiger charge is 2.65. The van der Waals surface area contributed by atoms with Crippen molar-refractivity contribution in [3.63, 3.8) is 0 Å². The lowest BCUT2D eigenvalue weighted by molar-refractivity contribution is -0.199. The quantitative estimate of drug-likeness (QED) is 0.591. The van der Waals surface area contributed by atoms with Crippen LogP contribution in [0.3, 0.4) is 0 Å². The molecule has 0 radical (unpaired) electrons. The average molecular weight is 319 g/mol. The third-order valence-corrected chi connectivity index (χ3v) is 2.89. The largest absolute Gasteiger partial charge is 0.479 e. The predicted molar refractivity (Wildman–Crippen MR) is 68.3 cm³/mol. The van der Waals surface area contributed by atoms with Gasteiger partial charge >= 0.3 is 24.0 Å². The summed E-state index contributed by atoms with van der Waals surface area (Å²) in [5.41, 5.74) is -4.12. The summed E-state index contributed by atoms with van der Waals surface area (Å²) in [5, 5.41) is 27.7. The maximum Gasteiger partial charge on any atom is 0.411 e. The molecule has 0 aromatic rings. The van der Waals surface area contributed by atoms with Gasteiger partial charge in [0.05, 0.1) is 6.61 Å². The molecule has 1 aliphatic rings. The van der Waals surface area contributed by atoms with E-state index in [-0.39, 0.29) is 6.61 Å². The Bertz CT molecular complexity index is 493. The highest BCUT2D eigenvalue weighted by Crippen LogP contribution is 2.30. The SMILES string of the molecule is CC(C)(C)OC(=O)N1CCOC(C(=O)O)C1(C(=O)O)C(=O)O. The Balaban J connectivity index is 3.39. The van der Waals surface area contributed by atoms with Crippen molar-refractivity contribution in [3.8, 4) is 0 Å². The zero-order valence-corrected chi connectivity index (χ0v) is 12.2. The van der Waals surface area contributed by atoms with E-state index in [9.17, 15) is 29.4 Å². The summed E-state index contributed by atoms with van der Waals surface area (Å²) >= 11 is 0. The van der Waals surface area contributed by atoms with Gasteiger partial charge in [0.2, 0.25) is 0 Å². The minimum atomic E-state index is -3.10. The second kappa shape index (κ2) is 5.79. The van der Waals surface area contributed by atoms with Gasteiger partial charge in [-0.3, -0.25) is 4.90 Å². The smallest absolute Gasteiger partial charge is 0.411 e. The Morgan fingerprint density at radius 1 is 1.14 bits per heavy atom. The van der Waals surface area contributed by atoms with E-state index >= 15 is 0 Å². The molecule has 0 saturated carbocycles. The number of carboxylic acid groups (broad SMARTS) is 3. The predicted octanol–water partition coefficient (Wildman–Crippen LogP) is -0.385. The van der Waals surface area contributed by atoms with Crippen LogP contribution in [0.25, 0.3) is 0 Å². The average Bonchev–Trinajstić information content (AvgIpc) is 2.34. The molecule has 3 N–H and O–H groups in total. The van der Waals surface area contributed by atoms with Crippen molar-refractivity contribution in [1.82, 2.24) is 4.90 Å². The summed E-state index contributed by atoms with van der Waals surface area (Å²) in [7, 11) is 0. The summed E-state index contributed by atoms with van der Waals surface area (Å²) in [6.45, 7) is 3.74. The third-order valence-electron chi connectivity index (χ3n) is 2.89. The molecule has 124 valence electrons. The maximum atomic E-state index is 12.1. The summed E-state index contributed by atoms with van der Waals surface area (Å²) in [4.78, 5) is 46.8. The van der Waals surface area contributed by atoms with Gasteiger partial charge in [0, 0.05) is 6.54 Å². The van der Waals surface area contributed by atoms with Crippen molar-refractivity contribution in [3.05, 3.63) is 0 Å². The number of amides is 1. The van der Waals surface area contributed by atoms with Gasteiger partial charge in [-0.1, -0.05) is 0 Å². The van der Waals surface area contributed by atoms with Crippen LogP contribution in [0.5, 0.6) is 0 Å². The molecule has 0 aliphatic carbocycles. The van der Waals surface area contributed by atoms with Crippen LogP contribution in [0.4, 0.5) is 4.79 Å². The van der Waals surface area contributed by atoms with Crippen LogP contribution in [-0.2, 0) is 23.9 Å². The fraction of sp³-hybridized carbons (Fsp3) is 0.667. The number of carbonyl (C=O) groups excluding carboxylic acids is 1. The zero-order valence-electron chi connectivity index (χ0n) is 12.2. The summed E-state index contributed by atoms with van der Waals surface area (Å²) in [5.74, 6) is -5.87. The molecule has 10 nitrogen and oxygen atoms in total. The zero-order chi connectivity index (χ0) is 17.3. The molecule has 1 rings (SSSR count). The number of ether oxygens (including phenoxy) is 2. The molecule has 1 fully saturated rings. The van der Waals surface area contributed by atoms with E-state index in [0.717, 1.165) is 0 Å². The summed E-state index contributed by atoms with van der Waals surface area (Å²) in [6.07, 6.45) is -3.50. The molecule has 0 spiro atoms. The second-order valence-electron chi connectivity index (χ2n) is 5.60. The molecule has 22 heavy (non-hydrogen) atoms. The van der Waals surface area contributed by atoms with Crippen LogP contribution in [0.2, 0.25) is 0 Å². The molecule has 10 heteroatoms. The Hall–Kier alpha value is -2.36. The van der Waals surface area contributed by atoms with Gasteiger partial charge in [0.15, 0.2) is 6.10 Å². The van der Waals surface area contributed by atoms with Gasteiger partial charge < -0.3 is 24.8 Å². The first-order valence-electron chi connectivity index (χ1n) is 6.26. The number of rotatable bonds is 3. The maximum absolute atomic E-state index is 12.1. The first kappa shape index (κ1) is 17.7. The van der Waals surface area contributed by atoms with E-state index in [2.05, 4.69) is 0 Å². The molecule has 0 aromatic carbocycles. The molecular weight excluding hydrogens is 302 g/mol. The van der Waals surface area contributed by atoms with Crippen molar-refractivity contribution in [2.75, 3.05) is 13.2 Å². The van der Waals surface area contributed by atoms with Crippen LogP contribution in [0, 0.1) is 0 Å². The van der Waals surface area contributed by atoms with Crippen molar-refractivity contribution in [2.24, 2.45) is 0 Å². The van der Waals surface area contributed by atoms with Crippen LogP contribution < -0.4 is 0 Å². The molecule has 1 saturated heterocycles. The highest BCUT2D eigenvalue weighted by atomic mass is 16.6. The first-order chi connectivity index (χ1) is 9.94. The van der Waals surface area contributed by atoms with Crippen LogP contribution in [0.1, 0.15) is 20.8 Å². The minimum absolute atomic E-state index is 0.335. The third kappa shape index (κ3) is 2.96. The highest BCUT2D eigenvalue weighted by molar-refractivity contribution is 6.10. The second-order valence-corrected chi connectivity index (χ2v) is 5.60. The number of morpholine rings is 1. The number of hydrogen-bond acceptors (Lipinski definition) is 6. The number of nitrogens with zero attached hydrogens (tertiary/aromatic N) is 1. The van der Waals surface area contributed by atoms with Crippen LogP contribution in [0.15, 0.2) is 0 Å². The van der Waals surface area contributed by atoms with Crippen molar-refractivity contribution in [2.45, 2.75) is 38.0 Å². The monoisotopic (exact) mass is 319 g/mol. The first-order valence-corrected chi connectivity index (χ1v) is 6.26. The van der Waals surface area contributed by atoms with Crippen molar-refractivity contribution < 1.29 is 44.0 Å². The van der Waals surface area contributed by atoms with E-state index in [1.165, 1.54) is 20.8 Å². The standard InChI is InChI=1S/C12H17NO9/c1-11(2,3)22-10(20)13-4-5-21-6(7(14)15)12(13,8(16)17)9(18)19/h6H,4-5H2,1-3H3,(H,14,15)(H,16,17)(H,18,19). The Morgan fingerprint density at radius 3 is 2.00 bits per heavy atom. The lowest BCUT2D eigenvalue weighted by atomic mass is 9.88. The molecule has 1 unspecified atom stereocenters. The summed E-state index contributed by atoms with van der Waals surface area (Å²) < 4.78 is 9.75. The lowest BCUT2D eigenvalue weighted by Crippen LogP contribution is -2.74. The fourth-order valence-electron chi connectivity index (χ4n) is 2.05. The number of hydrogen-bond donors (Lipinski definition) is 3. The van der Waals surface area contributed by atoms with Gasteiger partial charge in [-0.15, -0.1) is 0 Å². The van der Waals surface area contributed by atoms with E-state index < -0.39 is 47.8 Å². The molecule has 1 heterocycles. The van der Waals surface area contributed by atoms with Gasteiger partial charge in [-0.25, -0.2) is 19.2 Å². The van der Waals surface area contributed by atoms with Gasteiger partial charge in [-0.2, -0.15) is 0 Å². The van der Waals surface area contributed by atoms with E-state index in [4.69, 9.17) is 14.6 Å². The topological polar surface area (TPSA) is 151 Å². The van der Waals surface area contributed by atoms with Gasteiger partial charge in [-0.05, 0) is 20.8 Å². The molecular formula is C12H17NO9.